The van der Waals surface area contributed by atoms with E-state index in [-0.39, 0.29) is 0 Å². The summed E-state index contributed by atoms with van der Waals surface area (Å²) in [7, 11) is 1.74. The van der Waals surface area contributed by atoms with Crippen LogP contribution in [0.2, 0.25) is 0 Å². The molecule has 2 N–H and O–H groups in total. The van der Waals surface area contributed by atoms with Crippen LogP contribution in [-0.4, -0.2) is 18.2 Å². The number of rotatable bonds is 2. The minimum absolute atomic E-state index is 0.722. The standard InChI is InChI=1S/C17H15N3/c1-19-11-14-10-13(6-8-15(14)18)17-9-7-12-4-2-3-5-16(12)20-17/h2-11H,18H2,1H3. The Morgan fingerprint density at radius 1 is 1.05 bits per heavy atom. The van der Waals surface area contributed by atoms with Crippen molar-refractivity contribution in [3.05, 3.63) is 60.2 Å². The van der Waals surface area contributed by atoms with Crippen molar-refractivity contribution in [3.8, 4) is 11.3 Å². The van der Waals surface area contributed by atoms with Crippen LogP contribution in [0.25, 0.3) is 22.2 Å². The molecule has 3 heteroatoms. The second-order valence-corrected chi connectivity index (χ2v) is 4.62. The van der Waals surface area contributed by atoms with Crippen LogP contribution in [0.15, 0.2) is 59.6 Å². The van der Waals surface area contributed by atoms with Gasteiger partial charge in [0.05, 0.1) is 11.2 Å². The normalized spacial score (nSPS) is 11.2. The van der Waals surface area contributed by atoms with Crippen LogP contribution in [-0.2, 0) is 0 Å². The molecular formula is C17H15N3. The molecule has 98 valence electrons. The predicted molar refractivity (Wildman–Crippen MR) is 85.1 cm³/mol. The van der Waals surface area contributed by atoms with E-state index < -0.39 is 0 Å². The first-order chi connectivity index (χ1) is 9.78. The molecule has 0 aliphatic rings. The van der Waals surface area contributed by atoms with E-state index in [4.69, 9.17) is 10.7 Å². The molecule has 1 heterocycles. The summed E-state index contributed by atoms with van der Waals surface area (Å²) in [6, 6.07) is 18.1. The number of fused-ring (bicyclic) bond motifs is 1. The van der Waals surface area contributed by atoms with Crippen LogP contribution in [0, 0.1) is 0 Å². The van der Waals surface area contributed by atoms with Crippen LogP contribution in [0.5, 0.6) is 0 Å². The molecule has 3 aromatic rings. The van der Waals surface area contributed by atoms with Crippen molar-refractivity contribution in [1.82, 2.24) is 4.98 Å². The van der Waals surface area contributed by atoms with Gasteiger partial charge in [0.25, 0.3) is 0 Å². The van der Waals surface area contributed by atoms with Gasteiger partial charge >= 0.3 is 0 Å². The van der Waals surface area contributed by atoms with E-state index in [0.717, 1.165) is 33.4 Å². The van der Waals surface area contributed by atoms with Gasteiger partial charge in [-0.15, -0.1) is 0 Å². The van der Waals surface area contributed by atoms with Gasteiger partial charge in [0.1, 0.15) is 0 Å². The number of benzene rings is 2. The van der Waals surface area contributed by atoms with Gasteiger partial charge in [0.2, 0.25) is 0 Å². The maximum Gasteiger partial charge on any atom is 0.0709 e. The fourth-order valence-electron chi connectivity index (χ4n) is 2.21. The van der Waals surface area contributed by atoms with E-state index in [9.17, 15) is 0 Å². The van der Waals surface area contributed by atoms with Crippen LogP contribution < -0.4 is 5.73 Å². The van der Waals surface area contributed by atoms with Crippen molar-refractivity contribution in [2.75, 3.05) is 12.8 Å². The lowest BCUT2D eigenvalue weighted by atomic mass is 10.1. The van der Waals surface area contributed by atoms with Crippen molar-refractivity contribution in [2.45, 2.75) is 0 Å². The zero-order valence-corrected chi connectivity index (χ0v) is 11.2. The lowest BCUT2D eigenvalue weighted by molar-refractivity contribution is 1.39. The fraction of sp³-hybridized carbons (Fsp3) is 0.0588. The summed E-state index contributed by atoms with van der Waals surface area (Å²) in [5.74, 6) is 0. The van der Waals surface area contributed by atoms with E-state index in [1.54, 1.807) is 13.3 Å². The third-order valence-corrected chi connectivity index (χ3v) is 3.25. The van der Waals surface area contributed by atoms with Crippen LogP contribution in [0.3, 0.4) is 0 Å². The first-order valence-electron chi connectivity index (χ1n) is 6.46. The minimum Gasteiger partial charge on any atom is -0.398 e. The summed E-state index contributed by atoms with van der Waals surface area (Å²) in [5.41, 5.74) is 10.5. The maximum atomic E-state index is 5.93. The molecular weight excluding hydrogens is 246 g/mol. The number of nitrogens with zero attached hydrogens (tertiary/aromatic N) is 2. The lowest BCUT2D eigenvalue weighted by Crippen LogP contribution is -1.94. The Kier molecular flexibility index (Phi) is 3.17. The van der Waals surface area contributed by atoms with Gasteiger partial charge < -0.3 is 5.73 Å². The van der Waals surface area contributed by atoms with E-state index in [2.05, 4.69) is 17.1 Å². The average molecular weight is 261 g/mol. The maximum absolute atomic E-state index is 5.93. The van der Waals surface area contributed by atoms with Gasteiger partial charge in [-0.3, -0.25) is 4.99 Å². The summed E-state index contributed by atoms with van der Waals surface area (Å²) >= 11 is 0. The molecule has 0 fully saturated rings. The molecule has 0 aliphatic heterocycles. The van der Waals surface area contributed by atoms with Crippen molar-refractivity contribution in [1.29, 1.82) is 0 Å². The molecule has 3 nitrogen and oxygen atoms in total. The Morgan fingerprint density at radius 2 is 1.90 bits per heavy atom. The predicted octanol–water partition coefficient (Wildman–Crippen LogP) is 3.53. The molecule has 0 aliphatic carbocycles. The third kappa shape index (κ3) is 2.26. The summed E-state index contributed by atoms with van der Waals surface area (Å²) in [6.07, 6.45) is 1.76. The van der Waals surface area contributed by atoms with Crippen molar-refractivity contribution in [3.63, 3.8) is 0 Å². The van der Waals surface area contributed by atoms with Gasteiger partial charge in [-0.1, -0.05) is 30.3 Å². The third-order valence-electron chi connectivity index (χ3n) is 3.25. The number of hydrogen-bond acceptors (Lipinski definition) is 3. The molecule has 0 spiro atoms. The number of anilines is 1. The monoisotopic (exact) mass is 261 g/mol. The first kappa shape index (κ1) is 12.4. The Morgan fingerprint density at radius 3 is 2.75 bits per heavy atom. The summed E-state index contributed by atoms with van der Waals surface area (Å²) < 4.78 is 0. The van der Waals surface area contributed by atoms with Crippen LogP contribution in [0.1, 0.15) is 5.56 Å². The number of aliphatic imine (C=N–C) groups is 1. The topological polar surface area (TPSA) is 51.3 Å². The molecule has 2 aromatic carbocycles. The zero-order valence-electron chi connectivity index (χ0n) is 11.2. The number of nitrogen functional groups attached to an aromatic ring is 1. The number of aromatic nitrogens is 1. The van der Waals surface area contributed by atoms with E-state index in [1.165, 1.54) is 0 Å². The number of pyridine rings is 1. The molecule has 0 saturated carbocycles. The molecule has 0 atom stereocenters. The molecule has 0 radical (unpaired) electrons. The van der Waals surface area contributed by atoms with E-state index in [1.807, 2.05) is 42.5 Å². The van der Waals surface area contributed by atoms with Crippen molar-refractivity contribution >= 4 is 22.8 Å². The summed E-state index contributed by atoms with van der Waals surface area (Å²) in [6.45, 7) is 0. The lowest BCUT2D eigenvalue weighted by Gasteiger charge is -2.06. The molecule has 1 aromatic heterocycles. The van der Waals surface area contributed by atoms with Gasteiger partial charge in [-0.2, -0.15) is 0 Å². The smallest absolute Gasteiger partial charge is 0.0709 e. The first-order valence-corrected chi connectivity index (χ1v) is 6.46. The quantitative estimate of drug-likeness (QED) is 0.566. The Hall–Kier alpha value is -2.68. The molecule has 0 bridgehead atoms. The van der Waals surface area contributed by atoms with Gasteiger partial charge in [0.15, 0.2) is 0 Å². The Labute approximate surface area is 117 Å². The van der Waals surface area contributed by atoms with E-state index in [0.29, 0.717) is 0 Å². The Bertz CT molecular complexity index is 791. The fourth-order valence-corrected chi connectivity index (χ4v) is 2.21. The second kappa shape index (κ2) is 5.13. The zero-order chi connectivity index (χ0) is 13.9. The second-order valence-electron chi connectivity index (χ2n) is 4.62. The average Bonchev–Trinajstić information content (AvgIpc) is 2.49. The SMILES string of the molecule is CN=Cc1cc(-c2ccc3ccccc3n2)ccc1N. The molecule has 3 rings (SSSR count). The Balaban J connectivity index is 2.12. The van der Waals surface area contributed by atoms with Crippen LogP contribution >= 0.6 is 0 Å². The number of hydrogen-bond donors (Lipinski definition) is 1. The molecule has 0 unspecified atom stereocenters. The minimum atomic E-state index is 0.722. The van der Waals surface area contributed by atoms with Crippen molar-refractivity contribution in [2.24, 2.45) is 4.99 Å². The summed E-state index contributed by atoms with van der Waals surface area (Å²) in [5, 5.41) is 1.14. The highest BCUT2D eigenvalue weighted by Crippen LogP contribution is 2.23. The highest BCUT2D eigenvalue weighted by atomic mass is 14.7. The number of para-hydroxylation sites is 1. The van der Waals surface area contributed by atoms with E-state index >= 15 is 0 Å². The molecule has 20 heavy (non-hydrogen) atoms. The largest absolute Gasteiger partial charge is 0.398 e. The van der Waals surface area contributed by atoms with Gasteiger partial charge in [-0.05, 0) is 24.3 Å². The van der Waals surface area contributed by atoms with Crippen LogP contribution in [0.4, 0.5) is 5.69 Å². The molecule has 0 saturated heterocycles. The molecule has 0 amide bonds. The summed E-state index contributed by atoms with van der Waals surface area (Å²) in [4.78, 5) is 8.72. The van der Waals surface area contributed by atoms with Gasteiger partial charge in [0, 0.05) is 35.5 Å². The van der Waals surface area contributed by atoms with Gasteiger partial charge in [-0.25, -0.2) is 4.98 Å². The highest BCUT2D eigenvalue weighted by Gasteiger charge is 2.04. The van der Waals surface area contributed by atoms with Crippen molar-refractivity contribution < 1.29 is 0 Å². The highest BCUT2D eigenvalue weighted by molar-refractivity contribution is 5.89. The number of nitrogens with two attached hydrogens (primary N) is 1.